The molecule has 1 saturated heterocycles. The molecule has 0 amide bonds. The summed E-state index contributed by atoms with van der Waals surface area (Å²) in [5, 5.41) is 4.49. The first-order valence-corrected chi connectivity index (χ1v) is 10.8. The number of aryl methyl sites for hydroxylation is 1. The van der Waals surface area contributed by atoms with Crippen molar-refractivity contribution >= 4 is 15.7 Å². The van der Waals surface area contributed by atoms with Crippen LogP contribution in [0.15, 0.2) is 29.2 Å². The average Bonchev–Trinajstić information content (AvgIpc) is 2.96. The molecular weight excluding hydrogens is 378 g/mol. The topological polar surface area (TPSA) is 70.9 Å². The fourth-order valence-corrected chi connectivity index (χ4v) is 4.76. The molecule has 9 heteroatoms. The number of anilines is 1. The van der Waals surface area contributed by atoms with Gasteiger partial charge in [0.1, 0.15) is 10.6 Å². The number of piperazine rings is 1. The number of nitrogens with zero attached hydrogens (tertiary/aromatic N) is 5. The van der Waals surface area contributed by atoms with E-state index < -0.39 is 10.0 Å². The van der Waals surface area contributed by atoms with Gasteiger partial charge in [0, 0.05) is 46.0 Å². The van der Waals surface area contributed by atoms with Crippen LogP contribution >= 0.6 is 0 Å². The van der Waals surface area contributed by atoms with E-state index in [9.17, 15) is 8.42 Å². The molecule has 1 fully saturated rings. The van der Waals surface area contributed by atoms with Crippen LogP contribution in [0.3, 0.4) is 0 Å². The lowest BCUT2D eigenvalue weighted by Crippen LogP contribution is -2.47. The standard InChI is InChI=1S/C19H29N5O3S/c1-15-19(28(25,26)21(3)4)16(2)24(20-15)14-22-10-12-23(13-11-22)17-6-8-18(27-5)9-7-17/h6-9H,10-14H2,1-5H3. The first-order valence-electron chi connectivity index (χ1n) is 9.32. The second-order valence-electron chi connectivity index (χ2n) is 7.23. The van der Waals surface area contributed by atoms with Gasteiger partial charge in [-0.3, -0.25) is 9.58 Å². The minimum atomic E-state index is -3.50. The van der Waals surface area contributed by atoms with Gasteiger partial charge in [-0.15, -0.1) is 0 Å². The molecule has 28 heavy (non-hydrogen) atoms. The van der Waals surface area contributed by atoms with E-state index in [0.29, 0.717) is 23.0 Å². The number of sulfonamides is 1. The molecule has 0 spiro atoms. The van der Waals surface area contributed by atoms with Crippen LogP contribution in [0, 0.1) is 13.8 Å². The molecule has 0 radical (unpaired) electrons. The van der Waals surface area contributed by atoms with Crippen LogP contribution in [0.2, 0.25) is 0 Å². The van der Waals surface area contributed by atoms with Crippen LogP contribution in [-0.4, -0.2) is 74.8 Å². The van der Waals surface area contributed by atoms with Gasteiger partial charge in [-0.2, -0.15) is 5.10 Å². The summed E-state index contributed by atoms with van der Waals surface area (Å²) in [7, 11) is 1.26. The van der Waals surface area contributed by atoms with Crippen LogP contribution in [0.25, 0.3) is 0 Å². The van der Waals surface area contributed by atoms with E-state index in [2.05, 4.69) is 27.0 Å². The summed E-state index contributed by atoms with van der Waals surface area (Å²) in [4.78, 5) is 4.96. The Morgan fingerprint density at radius 3 is 2.21 bits per heavy atom. The maximum atomic E-state index is 12.6. The number of benzene rings is 1. The highest BCUT2D eigenvalue weighted by Gasteiger charge is 2.27. The summed E-state index contributed by atoms with van der Waals surface area (Å²) in [6.07, 6.45) is 0. The van der Waals surface area contributed by atoms with Crippen LogP contribution < -0.4 is 9.64 Å². The summed E-state index contributed by atoms with van der Waals surface area (Å²) < 4.78 is 33.4. The highest BCUT2D eigenvalue weighted by atomic mass is 32.2. The number of aromatic nitrogens is 2. The van der Waals surface area contributed by atoms with Crippen LogP contribution in [0.5, 0.6) is 5.75 Å². The van der Waals surface area contributed by atoms with Crippen molar-refractivity contribution in [2.75, 3.05) is 52.3 Å². The smallest absolute Gasteiger partial charge is 0.246 e. The largest absolute Gasteiger partial charge is 0.497 e. The lowest BCUT2D eigenvalue weighted by atomic mass is 10.2. The van der Waals surface area contributed by atoms with Crippen molar-refractivity contribution in [2.45, 2.75) is 25.4 Å². The predicted octanol–water partition coefficient (Wildman–Crippen LogP) is 1.54. The normalized spacial score (nSPS) is 16.0. The van der Waals surface area contributed by atoms with Crippen molar-refractivity contribution in [1.82, 2.24) is 19.0 Å². The van der Waals surface area contributed by atoms with Gasteiger partial charge in [0.05, 0.1) is 25.2 Å². The molecule has 1 aromatic heterocycles. The van der Waals surface area contributed by atoms with Crippen molar-refractivity contribution in [1.29, 1.82) is 0 Å². The molecule has 1 aliphatic heterocycles. The third kappa shape index (κ3) is 4.01. The molecule has 1 aromatic carbocycles. The SMILES string of the molecule is COc1ccc(N2CCN(Cn3nc(C)c(S(=O)(=O)N(C)C)c3C)CC2)cc1. The minimum absolute atomic E-state index is 0.314. The van der Waals surface area contributed by atoms with Gasteiger partial charge < -0.3 is 9.64 Å². The summed E-state index contributed by atoms with van der Waals surface area (Å²) >= 11 is 0. The van der Waals surface area contributed by atoms with Crippen molar-refractivity contribution in [3.05, 3.63) is 35.7 Å². The lowest BCUT2D eigenvalue weighted by Gasteiger charge is -2.36. The molecule has 2 heterocycles. The number of hydrogen-bond donors (Lipinski definition) is 0. The Balaban J connectivity index is 1.66. The molecule has 0 aliphatic carbocycles. The Morgan fingerprint density at radius 2 is 1.68 bits per heavy atom. The summed E-state index contributed by atoms with van der Waals surface area (Å²) in [6, 6.07) is 8.11. The first kappa shape index (κ1) is 20.6. The average molecular weight is 408 g/mol. The number of methoxy groups -OCH3 is 1. The van der Waals surface area contributed by atoms with Crippen LogP contribution in [-0.2, 0) is 16.7 Å². The molecule has 0 unspecified atom stereocenters. The lowest BCUT2D eigenvalue weighted by molar-refractivity contribution is 0.193. The highest BCUT2D eigenvalue weighted by molar-refractivity contribution is 7.89. The molecule has 1 aliphatic rings. The molecular formula is C19H29N5O3S. The van der Waals surface area contributed by atoms with Gasteiger partial charge in [0.2, 0.25) is 10.0 Å². The minimum Gasteiger partial charge on any atom is -0.497 e. The second kappa shape index (κ2) is 8.10. The van der Waals surface area contributed by atoms with Gasteiger partial charge in [-0.05, 0) is 38.1 Å². The van der Waals surface area contributed by atoms with E-state index in [1.807, 2.05) is 19.1 Å². The van der Waals surface area contributed by atoms with Gasteiger partial charge >= 0.3 is 0 Å². The summed E-state index contributed by atoms with van der Waals surface area (Å²) in [5.74, 6) is 0.857. The maximum absolute atomic E-state index is 12.6. The van der Waals surface area contributed by atoms with Gasteiger partial charge in [-0.25, -0.2) is 12.7 Å². The van der Waals surface area contributed by atoms with Gasteiger partial charge in [0.25, 0.3) is 0 Å². The Labute approximate surface area is 167 Å². The van der Waals surface area contributed by atoms with E-state index in [-0.39, 0.29) is 0 Å². The number of rotatable bonds is 6. The monoisotopic (exact) mass is 407 g/mol. The quantitative estimate of drug-likeness (QED) is 0.723. The second-order valence-corrected chi connectivity index (χ2v) is 9.32. The molecule has 3 rings (SSSR count). The molecule has 0 saturated carbocycles. The Kier molecular flexibility index (Phi) is 5.97. The van der Waals surface area contributed by atoms with Crippen molar-refractivity contribution in [3.8, 4) is 5.75 Å². The first-order chi connectivity index (χ1) is 13.2. The summed E-state index contributed by atoms with van der Waals surface area (Å²) in [6.45, 7) is 7.76. The zero-order chi connectivity index (χ0) is 20.5. The molecule has 8 nitrogen and oxygen atoms in total. The third-order valence-corrected chi connectivity index (χ3v) is 7.27. The predicted molar refractivity (Wildman–Crippen MR) is 109 cm³/mol. The highest BCUT2D eigenvalue weighted by Crippen LogP contribution is 2.23. The molecule has 0 bridgehead atoms. The molecule has 0 atom stereocenters. The zero-order valence-corrected chi connectivity index (χ0v) is 18.0. The fourth-order valence-electron chi connectivity index (χ4n) is 3.50. The van der Waals surface area contributed by atoms with Crippen LogP contribution in [0.1, 0.15) is 11.4 Å². The van der Waals surface area contributed by atoms with Crippen molar-refractivity contribution < 1.29 is 13.2 Å². The third-order valence-electron chi connectivity index (χ3n) is 5.20. The van der Waals surface area contributed by atoms with Crippen molar-refractivity contribution in [2.24, 2.45) is 0 Å². The molecule has 154 valence electrons. The number of ether oxygens (including phenoxy) is 1. The Bertz CT molecular complexity index is 914. The zero-order valence-electron chi connectivity index (χ0n) is 17.2. The van der Waals surface area contributed by atoms with Crippen LogP contribution in [0.4, 0.5) is 5.69 Å². The Morgan fingerprint density at radius 1 is 1.07 bits per heavy atom. The van der Waals surface area contributed by atoms with E-state index in [4.69, 9.17) is 4.74 Å². The molecule has 0 N–H and O–H groups in total. The van der Waals surface area contributed by atoms with Gasteiger partial charge in [0.15, 0.2) is 0 Å². The van der Waals surface area contributed by atoms with E-state index >= 15 is 0 Å². The van der Waals surface area contributed by atoms with Gasteiger partial charge in [-0.1, -0.05) is 0 Å². The maximum Gasteiger partial charge on any atom is 0.246 e. The van der Waals surface area contributed by atoms with E-state index in [0.717, 1.165) is 31.9 Å². The number of hydrogen-bond acceptors (Lipinski definition) is 6. The van der Waals surface area contributed by atoms with E-state index in [1.54, 1.807) is 32.8 Å². The summed E-state index contributed by atoms with van der Waals surface area (Å²) in [5.41, 5.74) is 2.41. The molecule has 2 aromatic rings. The Hall–Kier alpha value is -2.10. The van der Waals surface area contributed by atoms with Crippen molar-refractivity contribution in [3.63, 3.8) is 0 Å². The fraction of sp³-hybridized carbons (Fsp3) is 0.526. The van der Waals surface area contributed by atoms with E-state index in [1.165, 1.54) is 9.99 Å².